The lowest BCUT2D eigenvalue weighted by Gasteiger charge is -2.47. The Morgan fingerprint density at radius 1 is 1.14 bits per heavy atom. The van der Waals surface area contributed by atoms with Gasteiger partial charge >= 0.3 is 0 Å². The molecule has 0 saturated carbocycles. The largest absolute Gasteiger partial charge is 0.408 e. The molecule has 124 valence electrons. The third-order valence-electron chi connectivity index (χ3n) is 4.31. The minimum atomic E-state index is -1.95. The van der Waals surface area contributed by atoms with Crippen LogP contribution in [-0.4, -0.2) is 25.1 Å². The Hall–Kier alpha value is -0.563. The first kappa shape index (κ1) is 20.4. The highest BCUT2D eigenvalue weighted by Gasteiger charge is 2.47. The fourth-order valence-corrected chi connectivity index (χ4v) is 9.27. The van der Waals surface area contributed by atoms with E-state index in [1.165, 1.54) is 0 Å². The number of hydrogen-bond donors (Lipinski definition) is 1. The summed E-state index contributed by atoms with van der Waals surface area (Å²) in [6.45, 7) is 19.6. The van der Waals surface area contributed by atoms with Crippen LogP contribution in [0.15, 0.2) is 11.6 Å². The summed E-state index contributed by atoms with van der Waals surface area (Å²) in [7, 11) is -1.95. The number of terminal acetylenes is 1. The second-order valence-corrected chi connectivity index (χ2v) is 12.9. The van der Waals surface area contributed by atoms with E-state index in [0.717, 1.165) is 5.57 Å². The van der Waals surface area contributed by atoms with Crippen LogP contribution in [0.3, 0.4) is 0 Å². The van der Waals surface area contributed by atoms with Crippen molar-refractivity contribution in [2.75, 3.05) is 0 Å². The molecule has 1 N–H and O–H groups in total. The molecular weight excluding hydrogens is 276 g/mol. The maximum atomic E-state index is 9.77. The van der Waals surface area contributed by atoms with E-state index in [0.29, 0.717) is 16.6 Å². The third-order valence-corrected chi connectivity index (χ3v) is 10.6. The topological polar surface area (TPSA) is 29.5 Å². The van der Waals surface area contributed by atoms with Crippen LogP contribution < -0.4 is 0 Å². The molecule has 3 heteroatoms. The Labute approximate surface area is 134 Å². The van der Waals surface area contributed by atoms with Gasteiger partial charge in [-0.05, 0) is 43.0 Å². The number of aliphatic hydroxyl groups is 1. The molecule has 0 rings (SSSR count). The number of rotatable bonds is 7. The molecule has 0 unspecified atom stereocenters. The molecule has 2 nitrogen and oxygen atoms in total. The molecule has 0 aliphatic rings. The van der Waals surface area contributed by atoms with Gasteiger partial charge in [-0.1, -0.05) is 53.5 Å². The van der Waals surface area contributed by atoms with Crippen LogP contribution in [0.2, 0.25) is 16.6 Å². The first-order valence-corrected chi connectivity index (χ1v) is 10.1. The molecule has 21 heavy (non-hydrogen) atoms. The van der Waals surface area contributed by atoms with Crippen molar-refractivity contribution in [3.63, 3.8) is 0 Å². The molecule has 0 spiro atoms. The molecule has 0 aromatic heterocycles. The van der Waals surface area contributed by atoms with E-state index in [1.807, 2.05) is 13.0 Å². The Balaban J connectivity index is 0. The average molecular weight is 313 g/mol. The molecule has 0 amide bonds. The maximum Gasteiger partial charge on any atom is 0.201 e. The lowest BCUT2D eigenvalue weighted by Crippen LogP contribution is -2.52. The van der Waals surface area contributed by atoms with Gasteiger partial charge in [0.2, 0.25) is 8.32 Å². The van der Waals surface area contributed by atoms with Gasteiger partial charge in [-0.15, -0.1) is 6.42 Å². The molecule has 0 fully saturated rings. The van der Waals surface area contributed by atoms with E-state index in [1.54, 1.807) is 0 Å². The smallest absolute Gasteiger partial charge is 0.201 e. The van der Waals surface area contributed by atoms with Crippen LogP contribution in [-0.2, 0) is 4.43 Å². The highest BCUT2D eigenvalue weighted by atomic mass is 28.4. The minimum absolute atomic E-state index is 0. The van der Waals surface area contributed by atoms with Crippen molar-refractivity contribution < 1.29 is 11.0 Å². The fraction of sp³-hybridized carbons (Fsp3) is 0.778. The van der Waals surface area contributed by atoms with Crippen LogP contribution >= 0.6 is 0 Å². The number of hydrogen-bond acceptors (Lipinski definition) is 2. The molecule has 0 aliphatic carbocycles. The van der Waals surface area contributed by atoms with Crippen molar-refractivity contribution in [2.24, 2.45) is 0 Å². The minimum Gasteiger partial charge on any atom is -0.408 e. The highest BCUT2D eigenvalue weighted by Crippen LogP contribution is 2.44. The highest BCUT2D eigenvalue weighted by molar-refractivity contribution is 6.77. The normalized spacial score (nSPS) is 15.7. The summed E-state index contributed by atoms with van der Waals surface area (Å²) >= 11 is 0. The average Bonchev–Trinajstić information content (AvgIpc) is 2.32. The first-order valence-electron chi connectivity index (χ1n) is 7.94. The predicted molar refractivity (Wildman–Crippen MR) is 96.9 cm³/mol. The molecular formula is C18H36O2Si. The van der Waals surface area contributed by atoms with Crippen molar-refractivity contribution >= 4 is 8.32 Å². The second-order valence-electron chi connectivity index (χ2n) is 7.48. The van der Waals surface area contributed by atoms with Crippen molar-refractivity contribution in [1.29, 1.82) is 0 Å². The van der Waals surface area contributed by atoms with Crippen LogP contribution in [0.1, 0.15) is 63.7 Å². The van der Waals surface area contributed by atoms with E-state index < -0.39 is 20.0 Å². The zero-order chi connectivity index (χ0) is 17.0. The van der Waals surface area contributed by atoms with Crippen LogP contribution in [0.4, 0.5) is 0 Å². The van der Waals surface area contributed by atoms with Crippen molar-refractivity contribution in [3.05, 3.63) is 11.6 Å². The monoisotopic (exact) mass is 312 g/mol. The van der Waals surface area contributed by atoms with Gasteiger partial charge < -0.3 is 9.53 Å². The lowest BCUT2D eigenvalue weighted by atomic mass is 10.0. The Bertz CT molecular complexity index is 384. The zero-order valence-corrected chi connectivity index (χ0v) is 16.3. The summed E-state index contributed by atoms with van der Waals surface area (Å²) in [5, 5.41) is 9.77. The molecule has 1 atom stereocenters. The van der Waals surface area contributed by atoms with Gasteiger partial charge in [0.1, 0.15) is 6.10 Å². The Morgan fingerprint density at radius 2 is 1.52 bits per heavy atom. The molecule has 0 heterocycles. The van der Waals surface area contributed by atoms with Crippen LogP contribution in [0.25, 0.3) is 0 Å². The molecule has 0 bridgehead atoms. The summed E-state index contributed by atoms with van der Waals surface area (Å²) in [6, 6.07) is 0. The van der Waals surface area contributed by atoms with E-state index in [-0.39, 0.29) is 1.43 Å². The number of aliphatic hydroxyl groups excluding tert-OH is 1. The molecule has 0 aromatic carbocycles. The Morgan fingerprint density at radius 3 is 1.81 bits per heavy atom. The van der Waals surface area contributed by atoms with E-state index in [2.05, 4.69) is 61.3 Å². The summed E-state index contributed by atoms with van der Waals surface area (Å²) in [6.07, 6.45) is 6.44. The summed E-state index contributed by atoms with van der Waals surface area (Å²) in [5.74, 6) is 2.36. The van der Waals surface area contributed by atoms with E-state index in [4.69, 9.17) is 10.8 Å². The Kier molecular flexibility index (Phi) is 7.42. The first-order chi connectivity index (χ1) is 9.40. The van der Waals surface area contributed by atoms with Crippen LogP contribution in [0, 0.1) is 12.3 Å². The van der Waals surface area contributed by atoms with Gasteiger partial charge in [-0.3, -0.25) is 0 Å². The predicted octanol–water partition coefficient (Wildman–Crippen LogP) is 5.14. The summed E-state index contributed by atoms with van der Waals surface area (Å²) in [4.78, 5) is 0. The van der Waals surface area contributed by atoms with Crippen molar-refractivity contribution in [1.82, 2.24) is 0 Å². The molecule has 0 radical (unpaired) electrons. The summed E-state index contributed by atoms with van der Waals surface area (Å²) < 4.78 is 6.76. The SMILES string of the molecule is C#C[C@H](O)/C(C)=C/C(C)(C)O[Si](C(C)C)(C(C)C)C(C)C.[HH]. The zero-order valence-electron chi connectivity index (χ0n) is 15.3. The van der Waals surface area contributed by atoms with Gasteiger partial charge in [0.25, 0.3) is 0 Å². The van der Waals surface area contributed by atoms with Gasteiger partial charge in [0.15, 0.2) is 0 Å². The lowest BCUT2D eigenvalue weighted by molar-refractivity contribution is 0.132. The molecule has 0 saturated heterocycles. The molecule has 0 aliphatic heterocycles. The van der Waals surface area contributed by atoms with Crippen LogP contribution in [0.5, 0.6) is 0 Å². The van der Waals surface area contributed by atoms with Gasteiger partial charge in [-0.2, -0.15) is 0 Å². The van der Waals surface area contributed by atoms with Gasteiger partial charge in [0.05, 0.1) is 5.60 Å². The molecule has 0 aromatic rings. The third kappa shape index (κ3) is 4.98. The van der Waals surface area contributed by atoms with Crippen molar-refractivity contribution in [3.8, 4) is 12.3 Å². The summed E-state index contributed by atoms with van der Waals surface area (Å²) in [5.41, 5.74) is 1.95. The quantitative estimate of drug-likeness (QED) is 0.400. The second kappa shape index (κ2) is 7.62. The standard InChI is InChI=1S/C18H34O2Si.H2/c1-11-17(19)16(8)12-18(9,10)20-21(13(2)3,14(4)5)15(6)7;/h1,12-15,17,19H,2-10H3;1H/b16-12+;/t17-;/m0./s1. The van der Waals surface area contributed by atoms with Crippen molar-refractivity contribution in [2.45, 2.75) is 90.6 Å². The fourth-order valence-electron chi connectivity index (χ4n) is 3.60. The van der Waals surface area contributed by atoms with Gasteiger partial charge in [-0.25, -0.2) is 0 Å². The van der Waals surface area contributed by atoms with Gasteiger partial charge in [0, 0.05) is 1.43 Å². The van der Waals surface area contributed by atoms with E-state index in [9.17, 15) is 5.11 Å². The maximum absolute atomic E-state index is 9.77. The van der Waals surface area contributed by atoms with E-state index >= 15 is 0 Å².